The van der Waals surface area contributed by atoms with E-state index >= 15 is 0 Å². The number of hydrogen-bond acceptors (Lipinski definition) is 8. The van der Waals surface area contributed by atoms with Gasteiger partial charge >= 0.3 is 22.1 Å². The lowest BCUT2D eigenvalue weighted by Crippen LogP contribution is -2.42. The van der Waals surface area contributed by atoms with E-state index in [4.69, 9.17) is 19.4 Å². The summed E-state index contributed by atoms with van der Waals surface area (Å²) in [5.74, 6) is -2.84. The van der Waals surface area contributed by atoms with Crippen molar-refractivity contribution in [2.45, 2.75) is 50.3 Å². The molecule has 0 spiro atoms. The first-order valence-electron chi connectivity index (χ1n) is 11.3. The summed E-state index contributed by atoms with van der Waals surface area (Å²) in [5.41, 5.74) is 8.09. The van der Waals surface area contributed by atoms with Gasteiger partial charge in [-0.3, -0.25) is 9.59 Å². The zero-order chi connectivity index (χ0) is 26.3. The van der Waals surface area contributed by atoms with Crippen LogP contribution in [0.4, 0.5) is 0 Å². The summed E-state index contributed by atoms with van der Waals surface area (Å²) in [6.45, 7) is 5.16. The lowest BCUT2D eigenvalue weighted by Gasteiger charge is -2.23. The van der Waals surface area contributed by atoms with Gasteiger partial charge in [0.25, 0.3) is 0 Å². The van der Waals surface area contributed by atoms with E-state index in [0.29, 0.717) is 0 Å². The fraction of sp³-hybridized carbons (Fsp3) is 0.259. The van der Waals surface area contributed by atoms with E-state index in [9.17, 15) is 18.0 Å². The summed E-state index contributed by atoms with van der Waals surface area (Å²) in [5, 5.41) is 0. The minimum Gasteiger partial charge on any atom is -0.462 e. The zero-order valence-corrected chi connectivity index (χ0v) is 21.1. The fourth-order valence-corrected chi connectivity index (χ4v) is 4.32. The average Bonchev–Trinajstić information content (AvgIpc) is 2.83. The van der Waals surface area contributed by atoms with Crippen molar-refractivity contribution in [1.29, 1.82) is 0 Å². The van der Waals surface area contributed by atoms with Gasteiger partial charge in [0, 0.05) is 0 Å². The standard InChI is InChI=1S/C27H29NO7S/c1-18(2)34-26(29)24(25(28)27(30)33-17-20-8-5-4-6-9-20)21-10-7-11-22(16-21)35-36(31,32)23-14-12-19(3)13-15-23/h4-16,18,24-25H,17,28H2,1-3H3. The predicted molar refractivity (Wildman–Crippen MR) is 134 cm³/mol. The Hall–Kier alpha value is -3.69. The molecule has 0 aromatic heterocycles. The van der Waals surface area contributed by atoms with Gasteiger partial charge in [0.15, 0.2) is 0 Å². The molecule has 0 aliphatic rings. The maximum atomic E-state index is 13.0. The van der Waals surface area contributed by atoms with Crippen molar-refractivity contribution >= 4 is 22.1 Å². The van der Waals surface area contributed by atoms with Crippen molar-refractivity contribution in [3.63, 3.8) is 0 Å². The SMILES string of the molecule is Cc1ccc(S(=O)(=O)Oc2cccc(C(C(=O)OC(C)C)C(N)C(=O)OCc3ccccc3)c2)cc1. The van der Waals surface area contributed by atoms with Gasteiger partial charge in [0.2, 0.25) is 0 Å². The zero-order valence-electron chi connectivity index (χ0n) is 20.3. The third kappa shape index (κ3) is 7.16. The van der Waals surface area contributed by atoms with Crippen molar-refractivity contribution < 1.29 is 31.7 Å². The Morgan fingerprint density at radius 3 is 2.19 bits per heavy atom. The van der Waals surface area contributed by atoms with Crippen LogP contribution in [0.1, 0.15) is 36.5 Å². The van der Waals surface area contributed by atoms with Gasteiger partial charge in [0.05, 0.1) is 6.10 Å². The Morgan fingerprint density at radius 1 is 0.889 bits per heavy atom. The number of benzene rings is 3. The third-order valence-electron chi connectivity index (χ3n) is 5.19. The predicted octanol–water partition coefficient (Wildman–Crippen LogP) is 3.87. The van der Waals surface area contributed by atoms with Crippen LogP contribution in [0.15, 0.2) is 83.8 Å². The number of hydrogen-bond donors (Lipinski definition) is 1. The molecule has 0 heterocycles. The molecule has 190 valence electrons. The second-order valence-corrected chi connectivity index (χ2v) is 10.1. The van der Waals surface area contributed by atoms with Crippen LogP contribution in [0, 0.1) is 6.92 Å². The Balaban J connectivity index is 1.85. The van der Waals surface area contributed by atoms with Crippen molar-refractivity contribution in [1.82, 2.24) is 0 Å². The Kier molecular flexibility index (Phi) is 8.84. The first kappa shape index (κ1) is 26.9. The normalized spacial score (nSPS) is 13.0. The summed E-state index contributed by atoms with van der Waals surface area (Å²) in [4.78, 5) is 25.7. The summed E-state index contributed by atoms with van der Waals surface area (Å²) in [7, 11) is -4.13. The molecule has 9 heteroatoms. The van der Waals surface area contributed by atoms with E-state index < -0.39 is 40.1 Å². The highest BCUT2D eigenvalue weighted by atomic mass is 32.2. The molecule has 0 aliphatic heterocycles. The number of aryl methyl sites for hydroxylation is 1. The van der Waals surface area contributed by atoms with E-state index in [2.05, 4.69) is 0 Å². The van der Waals surface area contributed by atoms with Gasteiger partial charge in [0.1, 0.15) is 29.2 Å². The van der Waals surface area contributed by atoms with Crippen LogP contribution < -0.4 is 9.92 Å². The first-order chi connectivity index (χ1) is 17.1. The topological polar surface area (TPSA) is 122 Å². The van der Waals surface area contributed by atoms with E-state index in [1.54, 1.807) is 44.2 Å². The molecule has 0 saturated heterocycles. The molecule has 36 heavy (non-hydrogen) atoms. The summed E-state index contributed by atoms with van der Waals surface area (Å²) < 4.78 is 41.4. The Labute approximate surface area is 211 Å². The summed E-state index contributed by atoms with van der Waals surface area (Å²) in [6.07, 6.45) is -0.464. The molecular formula is C27H29NO7S. The number of carbonyl (C=O) groups is 2. The van der Waals surface area contributed by atoms with E-state index in [0.717, 1.165) is 11.1 Å². The van der Waals surface area contributed by atoms with E-state index in [1.807, 2.05) is 25.1 Å². The Morgan fingerprint density at radius 2 is 1.56 bits per heavy atom. The van der Waals surface area contributed by atoms with Crippen LogP contribution in [-0.4, -0.2) is 32.5 Å². The second kappa shape index (κ2) is 11.8. The number of carbonyl (C=O) groups excluding carboxylic acids is 2. The van der Waals surface area contributed by atoms with Crippen molar-refractivity contribution in [3.8, 4) is 5.75 Å². The molecule has 0 radical (unpaired) electrons. The molecule has 0 amide bonds. The Bertz CT molecular complexity index is 1290. The molecule has 0 aliphatic carbocycles. The van der Waals surface area contributed by atoms with Crippen LogP contribution in [0.3, 0.4) is 0 Å². The molecule has 0 bridgehead atoms. The minimum absolute atomic E-state index is 0.0166. The van der Waals surface area contributed by atoms with Crippen LogP contribution >= 0.6 is 0 Å². The quantitative estimate of drug-likeness (QED) is 0.322. The van der Waals surface area contributed by atoms with Crippen molar-refractivity contribution in [3.05, 3.63) is 95.6 Å². The highest BCUT2D eigenvalue weighted by Gasteiger charge is 2.35. The fourth-order valence-electron chi connectivity index (χ4n) is 3.40. The third-order valence-corrected chi connectivity index (χ3v) is 6.46. The van der Waals surface area contributed by atoms with Gasteiger partial charge in [-0.15, -0.1) is 0 Å². The van der Waals surface area contributed by atoms with Gasteiger partial charge in [-0.25, -0.2) is 0 Å². The molecule has 2 atom stereocenters. The molecule has 3 aromatic carbocycles. The maximum Gasteiger partial charge on any atom is 0.339 e. The van der Waals surface area contributed by atoms with Gasteiger partial charge in [-0.2, -0.15) is 8.42 Å². The van der Waals surface area contributed by atoms with Gasteiger partial charge < -0.3 is 19.4 Å². The largest absolute Gasteiger partial charge is 0.462 e. The average molecular weight is 512 g/mol. The minimum atomic E-state index is -4.13. The summed E-state index contributed by atoms with van der Waals surface area (Å²) in [6, 6.07) is 19.7. The summed E-state index contributed by atoms with van der Waals surface area (Å²) >= 11 is 0. The first-order valence-corrected chi connectivity index (χ1v) is 12.8. The lowest BCUT2D eigenvalue weighted by atomic mass is 9.91. The number of ether oxygens (including phenoxy) is 2. The number of rotatable bonds is 10. The van der Waals surface area contributed by atoms with Crippen LogP contribution in [0.5, 0.6) is 5.75 Å². The second-order valence-electron chi connectivity index (χ2n) is 8.51. The van der Waals surface area contributed by atoms with Gasteiger partial charge in [-0.1, -0.05) is 60.2 Å². The molecule has 3 rings (SSSR count). The molecule has 0 saturated carbocycles. The van der Waals surface area contributed by atoms with Crippen LogP contribution in [0.2, 0.25) is 0 Å². The molecule has 0 fully saturated rings. The highest BCUT2D eigenvalue weighted by Crippen LogP contribution is 2.28. The smallest absolute Gasteiger partial charge is 0.339 e. The maximum absolute atomic E-state index is 13.0. The molecule has 2 unspecified atom stereocenters. The highest BCUT2D eigenvalue weighted by molar-refractivity contribution is 7.87. The molecule has 3 aromatic rings. The lowest BCUT2D eigenvalue weighted by molar-refractivity contribution is -0.156. The van der Waals surface area contributed by atoms with E-state index in [-0.39, 0.29) is 22.8 Å². The van der Waals surface area contributed by atoms with Crippen molar-refractivity contribution in [2.24, 2.45) is 5.73 Å². The molecular weight excluding hydrogens is 482 g/mol. The van der Waals surface area contributed by atoms with Crippen molar-refractivity contribution in [2.75, 3.05) is 0 Å². The molecule has 2 N–H and O–H groups in total. The van der Waals surface area contributed by atoms with E-state index in [1.165, 1.54) is 30.3 Å². The van der Waals surface area contributed by atoms with Crippen LogP contribution in [0.25, 0.3) is 0 Å². The monoisotopic (exact) mass is 511 g/mol. The van der Waals surface area contributed by atoms with Gasteiger partial charge in [-0.05, 0) is 56.2 Å². The number of nitrogens with two attached hydrogens (primary N) is 1. The van der Waals surface area contributed by atoms with Crippen LogP contribution in [-0.2, 0) is 35.8 Å². The number of esters is 2. The molecule has 8 nitrogen and oxygen atoms in total.